The van der Waals surface area contributed by atoms with E-state index in [0.717, 1.165) is 10.3 Å². The van der Waals surface area contributed by atoms with Gasteiger partial charge in [0.15, 0.2) is 0 Å². The summed E-state index contributed by atoms with van der Waals surface area (Å²) in [6.45, 7) is 2.15. The molecule has 0 fully saturated rings. The van der Waals surface area contributed by atoms with E-state index in [-0.39, 0.29) is 18.0 Å². The van der Waals surface area contributed by atoms with Gasteiger partial charge in [-0.3, -0.25) is 14.3 Å². The Morgan fingerprint density at radius 1 is 1.25 bits per heavy atom. The van der Waals surface area contributed by atoms with Gasteiger partial charge in [0, 0.05) is 6.54 Å². The molecule has 0 aliphatic heterocycles. The molecule has 106 valence electrons. The molecule has 0 aliphatic rings. The average Bonchev–Trinajstić information content (AvgIpc) is 2.45. The van der Waals surface area contributed by atoms with Crippen LogP contribution < -0.4 is 16.0 Å². The van der Waals surface area contributed by atoms with Crippen LogP contribution in [-0.2, 0) is 6.54 Å². The summed E-state index contributed by atoms with van der Waals surface area (Å²) in [5, 5.41) is 9.78. The van der Waals surface area contributed by atoms with Gasteiger partial charge in [-0.1, -0.05) is 18.2 Å². The summed E-state index contributed by atoms with van der Waals surface area (Å²) in [6.07, 6.45) is 0.536. The Hall–Kier alpha value is -2.50. The first-order chi connectivity index (χ1) is 9.59. The van der Waals surface area contributed by atoms with Crippen LogP contribution in [0.15, 0.2) is 39.9 Å². The van der Waals surface area contributed by atoms with Crippen molar-refractivity contribution in [2.75, 3.05) is 6.61 Å². The number of aromatic nitrogens is 2. The van der Waals surface area contributed by atoms with Gasteiger partial charge in [0.2, 0.25) is 5.88 Å². The fraction of sp³-hybridized carbons (Fsp3) is 0.286. The van der Waals surface area contributed by atoms with Crippen molar-refractivity contribution in [3.8, 4) is 11.6 Å². The second-order valence-electron chi connectivity index (χ2n) is 4.37. The van der Waals surface area contributed by atoms with Crippen LogP contribution in [0.25, 0.3) is 0 Å². The zero-order chi connectivity index (χ0) is 14.5. The molecule has 2 rings (SSSR count). The molecular formula is C14H16N2O4. The molecule has 0 aliphatic carbocycles. The molecule has 0 unspecified atom stereocenters. The van der Waals surface area contributed by atoms with E-state index in [2.05, 4.69) is 4.98 Å². The number of para-hydroxylation sites is 1. The number of nitrogens with zero attached hydrogens (tertiary/aromatic N) is 1. The molecule has 0 bridgehead atoms. The molecule has 1 aromatic carbocycles. The van der Waals surface area contributed by atoms with Crippen molar-refractivity contribution in [3.05, 3.63) is 56.7 Å². The van der Waals surface area contributed by atoms with Gasteiger partial charge < -0.3 is 9.84 Å². The summed E-state index contributed by atoms with van der Waals surface area (Å²) in [6, 6.07) is 9.32. The third kappa shape index (κ3) is 3.09. The van der Waals surface area contributed by atoms with Gasteiger partial charge in [-0.25, -0.2) is 4.79 Å². The third-order valence-electron chi connectivity index (χ3n) is 2.94. The minimum atomic E-state index is -0.613. The molecule has 20 heavy (non-hydrogen) atoms. The van der Waals surface area contributed by atoms with Crippen LogP contribution in [0.4, 0.5) is 0 Å². The SMILES string of the molecule is Cc1c(O)n(CCCOc2ccccc2)c(=O)[nH]c1=O. The predicted molar refractivity (Wildman–Crippen MR) is 74.3 cm³/mol. The van der Waals surface area contributed by atoms with Gasteiger partial charge >= 0.3 is 5.69 Å². The fourth-order valence-corrected chi connectivity index (χ4v) is 1.80. The first-order valence-corrected chi connectivity index (χ1v) is 6.30. The van der Waals surface area contributed by atoms with Gasteiger partial charge in [0.1, 0.15) is 5.75 Å². The molecule has 6 nitrogen and oxygen atoms in total. The number of aromatic amines is 1. The van der Waals surface area contributed by atoms with E-state index in [1.165, 1.54) is 6.92 Å². The molecule has 0 amide bonds. The second kappa shape index (κ2) is 6.10. The van der Waals surface area contributed by atoms with Gasteiger partial charge in [0.05, 0.1) is 12.2 Å². The van der Waals surface area contributed by atoms with Crippen molar-refractivity contribution in [1.29, 1.82) is 0 Å². The Morgan fingerprint density at radius 3 is 2.65 bits per heavy atom. The number of nitrogens with one attached hydrogen (secondary N) is 1. The lowest BCUT2D eigenvalue weighted by molar-refractivity contribution is 0.293. The van der Waals surface area contributed by atoms with E-state index in [1.807, 2.05) is 30.3 Å². The van der Waals surface area contributed by atoms with E-state index < -0.39 is 11.2 Å². The number of ether oxygens (including phenoxy) is 1. The summed E-state index contributed by atoms with van der Waals surface area (Å²) >= 11 is 0. The normalized spacial score (nSPS) is 10.4. The maximum Gasteiger partial charge on any atom is 0.331 e. The van der Waals surface area contributed by atoms with E-state index in [4.69, 9.17) is 4.74 Å². The largest absolute Gasteiger partial charge is 0.494 e. The molecule has 0 spiro atoms. The second-order valence-corrected chi connectivity index (χ2v) is 4.37. The first-order valence-electron chi connectivity index (χ1n) is 6.30. The van der Waals surface area contributed by atoms with Gasteiger partial charge in [0.25, 0.3) is 5.56 Å². The highest BCUT2D eigenvalue weighted by Crippen LogP contribution is 2.10. The molecule has 0 saturated heterocycles. The number of hydrogen-bond acceptors (Lipinski definition) is 4. The molecule has 2 aromatic rings. The number of rotatable bonds is 5. The summed E-state index contributed by atoms with van der Waals surface area (Å²) < 4.78 is 6.62. The van der Waals surface area contributed by atoms with E-state index in [0.29, 0.717) is 13.0 Å². The maximum absolute atomic E-state index is 11.6. The lowest BCUT2D eigenvalue weighted by Crippen LogP contribution is -2.31. The fourth-order valence-electron chi connectivity index (χ4n) is 1.80. The quantitative estimate of drug-likeness (QED) is 0.798. The number of H-pyrrole nitrogens is 1. The molecule has 0 atom stereocenters. The number of hydrogen-bond donors (Lipinski definition) is 2. The minimum absolute atomic E-state index is 0.133. The van der Waals surface area contributed by atoms with Gasteiger partial charge in [-0.15, -0.1) is 0 Å². The van der Waals surface area contributed by atoms with Crippen molar-refractivity contribution < 1.29 is 9.84 Å². The van der Waals surface area contributed by atoms with Crippen LogP contribution in [0.5, 0.6) is 11.6 Å². The van der Waals surface area contributed by atoms with Crippen molar-refractivity contribution in [1.82, 2.24) is 9.55 Å². The molecule has 1 aromatic heterocycles. The Bertz CT molecular complexity index is 689. The summed E-state index contributed by atoms with van der Waals surface area (Å²) in [5.74, 6) is 0.458. The van der Waals surface area contributed by atoms with Gasteiger partial charge in [-0.05, 0) is 25.5 Å². The Labute approximate surface area is 115 Å². The highest BCUT2D eigenvalue weighted by atomic mass is 16.5. The van der Waals surface area contributed by atoms with Crippen LogP contribution in [0.3, 0.4) is 0 Å². The van der Waals surface area contributed by atoms with Crippen molar-refractivity contribution in [2.24, 2.45) is 0 Å². The molecule has 0 radical (unpaired) electrons. The highest BCUT2D eigenvalue weighted by Gasteiger charge is 2.09. The highest BCUT2D eigenvalue weighted by molar-refractivity contribution is 5.21. The van der Waals surface area contributed by atoms with Crippen LogP contribution in [0.1, 0.15) is 12.0 Å². The predicted octanol–water partition coefficient (Wildman–Crippen LogP) is 1.02. The molecule has 2 N–H and O–H groups in total. The lowest BCUT2D eigenvalue weighted by Gasteiger charge is -2.10. The Balaban J connectivity index is 1.97. The van der Waals surface area contributed by atoms with Crippen molar-refractivity contribution in [3.63, 3.8) is 0 Å². The summed E-state index contributed by atoms with van der Waals surface area (Å²) in [5.41, 5.74) is -1.05. The van der Waals surface area contributed by atoms with Crippen LogP contribution in [-0.4, -0.2) is 21.3 Å². The van der Waals surface area contributed by atoms with E-state index in [1.54, 1.807) is 0 Å². The molecule has 6 heteroatoms. The average molecular weight is 276 g/mol. The zero-order valence-electron chi connectivity index (χ0n) is 11.1. The third-order valence-corrected chi connectivity index (χ3v) is 2.94. The molecule has 1 heterocycles. The maximum atomic E-state index is 11.6. The smallest absolute Gasteiger partial charge is 0.331 e. The monoisotopic (exact) mass is 276 g/mol. The van der Waals surface area contributed by atoms with E-state index in [9.17, 15) is 14.7 Å². The number of aromatic hydroxyl groups is 1. The van der Waals surface area contributed by atoms with E-state index >= 15 is 0 Å². The number of benzene rings is 1. The Kier molecular flexibility index (Phi) is 4.24. The van der Waals surface area contributed by atoms with Crippen LogP contribution >= 0.6 is 0 Å². The van der Waals surface area contributed by atoms with Crippen LogP contribution in [0, 0.1) is 6.92 Å². The summed E-state index contributed by atoms with van der Waals surface area (Å²) in [4.78, 5) is 25.0. The van der Waals surface area contributed by atoms with Gasteiger partial charge in [-0.2, -0.15) is 0 Å². The lowest BCUT2D eigenvalue weighted by atomic mass is 10.3. The van der Waals surface area contributed by atoms with Crippen LogP contribution in [0.2, 0.25) is 0 Å². The zero-order valence-corrected chi connectivity index (χ0v) is 11.1. The van der Waals surface area contributed by atoms with Crippen molar-refractivity contribution in [2.45, 2.75) is 19.9 Å². The van der Waals surface area contributed by atoms with Crippen molar-refractivity contribution >= 4 is 0 Å². The topological polar surface area (TPSA) is 84.3 Å². The molecule has 0 saturated carbocycles. The molecular weight excluding hydrogens is 260 g/mol. The minimum Gasteiger partial charge on any atom is -0.494 e. The Morgan fingerprint density at radius 2 is 1.95 bits per heavy atom. The standard InChI is InChI=1S/C14H16N2O4/c1-10-12(17)15-14(19)16(13(10)18)8-5-9-20-11-6-3-2-4-7-11/h2-4,6-7,18H,5,8-9H2,1H3,(H,15,17,19). The summed E-state index contributed by atoms with van der Waals surface area (Å²) in [7, 11) is 0. The first kappa shape index (κ1) is 13.9.